The Morgan fingerprint density at radius 3 is 2.54 bits per heavy atom. The number of hydrogen-bond acceptors (Lipinski definition) is 4. The van der Waals surface area contributed by atoms with E-state index >= 15 is 0 Å². The van der Waals surface area contributed by atoms with Crippen LogP contribution in [0.2, 0.25) is 0 Å². The lowest BCUT2D eigenvalue weighted by Crippen LogP contribution is -2.39. The summed E-state index contributed by atoms with van der Waals surface area (Å²) in [5.74, 6) is -0.548. The second-order valence-corrected chi connectivity index (χ2v) is 10.1. The molecule has 0 spiro atoms. The average molecular weight is 501 g/mol. The van der Waals surface area contributed by atoms with E-state index in [0.717, 1.165) is 28.6 Å². The van der Waals surface area contributed by atoms with Crippen molar-refractivity contribution in [1.82, 2.24) is 4.98 Å². The van der Waals surface area contributed by atoms with Crippen LogP contribution in [-0.2, 0) is 11.0 Å². The molecule has 1 N–H and O–H groups in total. The number of halogens is 3. The fourth-order valence-corrected chi connectivity index (χ4v) is 5.57. The standard InChI is InChI=1S/C27H27F3N2O2S/c1-17(2)21-7-3-4-8-23(21)35-24-10-9-18(14-22(24)27(28,29)30)19-11-12-31-25(15-19)32-13-5-6-20(16-32)26(33)34/h3-4,7-12,14-15,17,20H,5-6,13,16H2,1-2H3,(H,33,34). The van der Waals surface area contributed by atoms with Gasteiger partial charge in [0.1, 0.15) is 5.82 Å². The topological polar surface area (TPSA) is 53.4 Å². The van der Waals surface area contributed by atoms with Crippen LogP contribution in [-0.4, -0.2) is 29.1 Å². The molecule has 35 heavy (non-hydrogen) atoms. The molecule has 0 radical (unpaired) electrons. The van der Waals surface area contributed by atoms with Crippen molar-refractivity contribution >= 4 is 23.5 Å². The van der Waals surface area contributed by atoms with Crippen LogP contribution in [0.15, 0.2) is 70.6 Å². The molecule has 1 fully saturated rings. The summed E-state index contributed by atoms with van der Waals surface area (Å²) < 4.78 is 42.3. The molecular weight excluding hydrogens is 473 g/mol. The number of carboxylic acid groups (broad SMARTS) is 1. The Labute approximate surface area is 207 Å². The van der Waals surface area contributed by atoms with Crippen molar-refractivity contribution in [3.63, 3.8) is 0 Å². The maximum absolute atomic E-state index is 14.1. The summed E-state index contributed by atoms with van der Waals surface area (Å²) >= 11 is 1.13. The largest absolute Gasteiger partial charge is 0.481 e. The van der Waals surface area contributed by atoms with Gasteiger partial charge in [0, 0.05) is 29.1 Å². The first-order chi connectivity index (χ1) is 16.6. The summed E-state index contributed by atoms with van der Waals surface area (Å²) in [6.07, 6.45) is -1.61. The highest BCUT2D eigenvalue weighted by Crippen LogP contribution is 2.43. The van der Waals surface area contributed by atoms with Gasteiger partial charge in [-0.2, -0.15) is 13.2 Å². The zero-order valence-corrected chi connectivity index (χ0v) is 20.4. The molecule has 0 amide bonds. The van der Waals surface area contributed by atoms with Gasteiger partial charge in [0.2, 0.25) is 0 Å². The van der Waals surface area contributed by atoms with Gasteiger partial charge in [-0.05, 0) is 65.8 Å². The molecule has 2 aromatic carbocycles. The first kappa shape index (κ1) is 25.1. The van der Waals surface area contributed by atoms with Gasteiger partial charge in [-0.3, -0.25) is 4.79 Å². The fourth-order valence-electron chi connectivity index (χ4n) is 4.35. The smallest absolute Gasteiger partial charge is 0.417 e. The van der Waals surface area contributed by atoms with Crippen LogP contribution in [0.4, 0.5) is 19.0 Å². The van der Waals surface area contributed by atoms with Crippen LogP contribution in [0.3, 0.4) is 0 Å². The molecule has 1 aliphatic rings. The molecule has 2 heterocycles. The molecule has 0 bridgehead atoms. The molecule has 184 valence electrons. The summed E-state index contributed by atoms with van der Waals surface area (Å²) in [4.78, 5) is 18.6. The lowest BCUT2D eigenvalue weighted by atomic mass is 9.98. The van der Waals surface area contributed by atoms with Crippen molar-refractivity contribution < 1.29 is 23.1 Å². The molecule has 8 heteroatoms. The van der Waals surface area contributed by atoms with Gasteiger partial charge in [0.05, 0.1) is 11.5 Å². The third kappa shape index (κ3) is 5.81. The highest BCUT2D eigenvalue weighted by Gasteiger charge is 2.34. The Bertz CT molecular complexity index is 1210. The van der Waals surface area contributed by atoms with E-state index in [1.54, 1.807) is 24.4 Å². The van der Waals surface area contributed by atoms with E-state index in [9.17, 15) is 23.1 Å². The molecular formula is C27H27F3N2O2S. The van der Waals surface area contributed by atoms with Crippen LogP contribution in [0.1, 0.15) is 43.7 Å². The molecule has 1 aromatic heterocycles. The third-order valence-electron chi connectivity index (χ3n) is 6.22. The molecule has 1 atom stereocenters. The van der Waals surface area contributed by atoms with Gasteiger partial charge in [0.25, 0.3) is 0 Å². The van der Waals surface area contributed by atoms with Gasteiger partial charge >= 0.3 is 12.1 Å². The van der Waals surface area contributed by atoms with Crippen LogP contribution >= 0.6 is 11.8 Å². The van der Waals surface area contributed by atoms with E-state index < -0.39 is 23.6 Å². The minimum atomic E-state index is -4.51. The number of carbonyl (C=O) groups is 1. The summed E-state index contributed by atoms with van der Waals surface area (Å²) in [7, 11) is 0. The van der Waals surface area contributed by atoms with Crippen LogP contribution < -0.4 is 4.90 Å². The van der Waals surface area contributed by atoms with Crippen LogP contribution in [0.5, 0.6) is 0 Å². The van der Waals surface area contributed by atoms with Gasteiger partial charge in [-0.1, -0.05) is 49.9 Å². The summed E-state index contributed by atoms with van der Waals surface area (Å²) in [6, 6.07) is 15.4. The van der Waals surface area contributed by atoms with Crippen molar-refractivity contribution in [3.8, 4) is 11.1 Å². The average Bonchev–Trinajstić information content (AvgIpc) is 2.84. The molecule has 4 nitrogen and oxygen atoms in total. The molecule has 0 aliphatic carbocycles. The Kier molecular flexibility index (Phi) is 7.40. The highest BCUT2D eigenvalue weighted by atomic mass is 32.2. The summed E-state index contributed by atoms with van der Waals surface area (Å²) in [5, 5.41) is 9.37. The number of rotatable bonds is 6. The Hall–Kier alpha value is -3.00. The minimum absolute atomic E-state index is 0.156. The normalized spacial score (nSPS) is 16.5. The number of pyridine rings is 1. The zero-order valence-electron chi connectivity index (χ0n) is 19.5. The minimum Gasteiger partial charge on any atom is -0.481 e. The van der Waals surface area contributed by atoms with Crippen LogP contribution in [0, 0.1) is 5.92 Å². The second-order valence-electron chi connectivity index (χ2n) is 9.03. The van der Waals surface area contributed by atoms with Crippen molar-refractivity contribution in [1.29, 1.82) is 0 Å². The van der Waals surface area contributed by atoms with Gasteiger partial charge in [0.15, 0.2) is 0 Å². The number of piperidine rings is 1. The monoisotopic (exact) mass is 500 g/mol. The van der Waals surface area contributed by atoms with Crippen molar-refractivity contribution in [2.24, 2.45) is 5.92 Å². The van der Waals surface area contributed by atoms with Crippen molar-refractivity contribution in [3.05, 3.63) is 71.9 Å². The molecule has 0 saturated carbocycles. The van der Waals surface area contributed by atoms with Crippen LogP contribution in [0.25, 0.3) is 11.1 Å². The number of aliphatic carboxylic acids is 1. The number of aromatic nitrogens is 1. The predicted octanol–water partition coefficient (Wildman–Crippen LogP) is 7.34. The number of nitrogens with zero attached hydrogens (tertiary/aromatic N) is 2. The number of hydrogen-bond donors (Lipinski definition) is 1. The number of carboxylic acids is 1. The van der Waals surface area contributed by atoms with Crippen molar-refractivity contribution in [2.45, 2.75) is 48.6 Å². The SMILES string of the molecule is CC(C)c1ccccc1Sc1ccc(-c2ccnc(N3CCCC(C(=O)O)C3)c2)cc1C(F)(F)F. The second kappa shape index (κ2) is 10.3. The lowest BCUT2D eigenvalue weighted by molar-refractivity contribution is -0.142. The van der Waals surface area contributed by atoms with E-state index in [0.29, 0.717) is 36.5 Å². The molecule has 4 rings (SSSR count). The van der Waals surface area contributed by atoms with Gasteiger partial charge in [-0.25, -0.2) is 4.98 Å². The lowest BCUT2D eigenvalue weighted by Gasteiger charge is -2.31. The molecule has 1 unspecified atom stereocenters. The van der Waals surface area contributed by atoms with E-state index in [-0.39, 0.29) is 10.8 Å². The first-order valence-electron chi connectivity index (χ1n) is 11.6. The van der Waals surface area contributed by atoms with E-state index in [4.69, 9.17) is 0 Å². The quantitative estimate of drug-likeness (QED) is 0.384. The van der Waals surface area contributed by atoms with Gasteiger partial charge in [-0.15, -0.1) is 0 Å². The molecule has 1 saturated heterocycles. The maximum atomic E-state index is 14.1. The van der Waals surface area contributed by atoms with E-state index in [1.807, 2.05) is 43.0 Å². The van der Waals surface area contributed by atoms with Crippen molar-refractivity contribution in [2.75, 3.05) is 18.0 Å². The fraction of sp³-hybridized carbons (Fsp3) is 0.333. The Balaban J connectivity index is 1.67. The summed E-state index contributed by atoms with van der Waals surface area (Å²) in [5.41, 5.74) is 1.38. The maximum Gasteiger partial charge on any atom is 0.417 e. The molecule has 3 aromatic rings. The third-order valence-corrected chi connectivity index (χ3v) is 7.39. The van der Waals surface area contributed by atoms with E-state index in [1.165, 1.54) is 12.1 Å². The Morgan fingerprint density at radius 1 is 1.09 bits per heavy atom. The summed E-state index contributed by atoms with van der Waals surface area (Å²) in [6.45, 7) is 5.05. The zero-order chi connectivity index (χ0) is 25.2. The number of anilines is 1. The highest BCUT2D eigenvalue weighted by molar-refractivity contribution is 7.99. The molecule has 1 aliphatic heterocycles. The number of benzene rings is 2. The van der Waals surface area contributed by atoms with Gasteiger partial charge < -0.3 is 10.0 Å². The Morgan fingerprint density at radius 2 is 1.83 bits per heavy atom. The van der Waals surface area contributed by atoms with E-state index in [2.05, 4.69) is 4.98 Å². The number of alkyl halides is 3. The predicted molar refractivity (Wildman–Crippen MR) is 132 cm³/mol. The first-order valence-corrected chi connectivity index (χ1v) is 12.4.